The molecule has 2 aliphatic heterocycles. The number of hydrogen-bond donors (Lipinski definition) is 6. The van der Waals surface area contributed by atoms with Crippen molar-refractivity contribution < 1.29 is 72.0 Å². The minimum absolute atomic E-state index is 0.0724. The summed E-state index contributed by atoms with van der Waals surface area (Å²) in [6, 6.07) is 17.9. The molecule has 10 amide bonds. The van der Waals surface area contributed by atoms with E-state index >= 15 is 0 Å². The highest BCUT2D eigenvalue weighted by atomic mass is 16.6. The molecule has 5 rings (SSSR count). The molecule has 3 unspecified atom stereocenters. The molecular weight excluding hydrogens is 1240 g/mol. The summed E-state index contributed by atoms with van der Waals surface area (Å²) in [6.07, 6.45) is 1.16. The van der Waals surface area contributed by atoms with Crippen LogP contribution in [0.1, 0.15) is 150 Å². The third-order valence-corrected chi connectivity index (χ3v) is 18.2. The molecular formula is C72H102N10O15. The molecule has 0 spiro atoms. The number of amides is 10. The van der Waals surface area contributed by atoms with Crippen LogP contribution in [-0.4, -0.2) is 180 Å². The first-order valence-corrected chi connectivity index (χ1v) is 33.6. The van der Waals surface area contributed by atoms with E-state index in [4.69, 9.17) is 24.2 Å². The number of hydrogen-bond acceptors (Lipinski definition) is 16. The molecule has 2 heterocycles. The maximum Gasteiger partial charge on any atom is 0.410 e. The smallest absolute Gasteiger partial charge is 0.410 e. The number of benzene rings is 3. The van der Waals surface area contributed by atoms with E-state index in [1.54, 1.807) is 109 Å². The molecule has 0 saturated carbocycles. The number of methoxy groups -OCH3 is 2. The summed E-state index contributed by atoms with van der Waals surface area (Å²) in [7, 11) is 6.10. The summed E-state index contributed by atoms with van der Waals surface area (Å²) in [5, 5.41) is 34.0. The van der Waals surface area contributed by atoms with Gasteiger partial charge in [-0.25, -0.2) is 4.79 Å². The zero-order valence-electron chi connectivity index (χ0n) is 58.9. The van der Waals surface area contributed by atoms with Crippen molar-refractivity contribution in [1.82, 2.24) is 40.9 Å². The van der Waals surface area contributed by atoms with Crippen LogP contribution in [0.3, 0.4) is 0 Å². The second-order valence-electron chi connectivity index (χ2n) is 26.4. The summed E-state index contributed by atoms with van der Waals surface area (Å²) in [5.41, 5.74) is 2.02. The van der Waals surface area contributed by atoms with Crippen LogP contribution in [0.25, 0.3) is 0 Å². The molecule has 25 heteroatoms. The van der Waals surface area contributed by atoms with E-state index in [-0.39, 0.29) is 61.3 Å². The summed E-state index contributed by atoms with van der Waals surface area (Å²) in [6.45, 7) is 19.9. The minimum atomic E-state index is -1.07. The standard InChI is InChI=1S/C72H102N10O15/c1-16-45(8)63(55(94-14)38-58(84)81-37-23-26-54(81)65(95-15)46(9)66(87)74-47(10)64(86)51-24-19-17-20-25-51)79(12)71(92)61(43(4)5)78-69(90)62(44(6)7)80(13)72(93)96-41-50-28-32-52(33-29-50)76-67(88)48(11)75-68(89)60(42(2)3)77-57(83)27-21-18-22-36-82-59(85)39-56(70(82)91)97-53-34-30-49(40-73)31-35-53/h17,19-20,24-25,28-35,39,42-48,54-55,60-65,86H,16,18,21-23,26-27,36-38,41H2,1-15H3,(H,74,87)(H,75,89)(H,76,88)(H,77,83)(H,78,90)/t45-,46+,47+,48?,54?,55+,60-,61-,62-,63-,64+,65?/m0/s1. The average molecular weight is 1350 g/mol. The Balaban J connectivity index is 1.09. The van der Waals surface area contributed by atoms with Crippen molar-refractivity contribution in [1.29, 1.82) is 5.26 Å². The van der Waals surface area contributed by atoms with Crippen molar-refractivity contribution in [3.05, 3.63) is 107 Å². The van der Waals surface area contributed by atoms with Gasteiger partial charge in [-0.3, -0.25) is 53.0 Å². The lowest BCUT2D eigenvalue weighted by Gasteiger charge is -2.41. The first-order chi connectivity index (χ1) is 46.0. The van der Waals surface area contributed by atoms with E-state index in [1.807, 2.05) is 38.1 Å². The third kappa shape index (κ3) is 21.9. The number of unbranched alkanes of at least 4 members (excludes halogenated alkanes) is 2. The van der Waals surface area contributed by atoms with Crippen LogP contribution in [0.4, 0.5) is 10.5 Å². The number of ether oxygens (including phenoxy) is 4. The number of likely N-dealkylation sites (N-methyl/N-ethyl adjacent to an activating group) is 2. The van der Waals surface area contributed by atoms with Crippen molar-refractivity contribution in [3.8, 4) is 11.8 Å². The largest absolute Gasteiger partial charge is 0.451 e. The van der Waals surface area contributed by atoms with Crippen molar-refractivity contribution >= 4 is 64.9 Å². The Hall–Kier alpha value is -8.73. The van der Waals surface area contributed by atoms with Gasteiger partial charge in [-0.15, -0.1) is 0 Å². The fourth-order valence-corrected chi connectivity index (χ4v) is 12.2. The van der Waals surface area contributed by atoms with Gasteiger partial charge in [0.1, 0.15) is 36.5 Å². The highest BCUT2D eigenvalue weighted by Gasteiger charge is 2.44. The molecule has 97 heavy (non-hydrogen) atoms. The molecule has 0 aromatic heterocycles. The third-order valence-electron chi connectivity index (χ3n) is 18.2. The molecule has 0 radical (unpaired) electrons. The van der Waals surface area contributed by atoms with Crippen LogP contribution in [-0.2, 0) is 64.0 Å². The summed E-state index contributed by atoms with van der Waals surface area (Å²) >= 11 is 0. The quantitative estimate of drug-likeness (QED) is 0.0254. The van der Waals surface area contributed by atoms with Gasteiger partial charge < -0.3 is 60.4 Å². The zero-order valence-corrected chi connectivity index (χ0v) is 58.9. The van der Waals surface area contributed by atoms with E-state index < -0.39 is 120 Å². The number of aliphatic hydroxyl groups is 1. The summed E-state index contributed by atoms with van der Waals surface area (Å²) in [4.78, 5) is 142. The molecule has 25 nitrogen and oxygen atoms in total. The number of rotatable bonds is 36. The topological polar surface area (TPSA) is 325 Å². The van der Waals surface area contributed by atoms with E-state index in [1.165, 1.54) is 57.4 Å². The van der Waals surface area contributed by atoms with Crippen molar-refractivity contribution in [2.75, 3.05) is 46.7 Å². The fraction of sp³-hybridized carbons (Fsp3) is 0.569. The zero-order chi connectivity index (χ0) is 72.0. The van der Waals surface area contributed by atoms with Gasteiger partial charge in [-0.1, -0.05) is 118 Å². The van der Waals surface area contributed by atoms with Crippen molar-refractivity contribution in [3.63, 3.8) is 0 Å². The summed E-state index contributed by atoms with van der Waals surface area (Å²) in [5.74, 6) is -6.00. The first kappa shape index (κ1) is 79.0. The molecule has 0 bridgehead atoms. The predicted octanol–water partition coefficient (Wildman–Crippen LogP) is 6.93. The minimum Gasteiger partial charge on any atom is -0.451 e. The Morgan fingerprint density at radius 3 is 1.96 bits per heavy atom. The summed E-state index contributed by atoms with van der Waals surface area (Å²) < 4.78 is 23.3. The number of carbonyl (C=O) groups is 10. The Kier molecular flexibility index (Phi) is 30.7. The Labute approximate surface area is 571 Å². The number of anilines is 1. The number of nitriles is 1. The fourth-order valence-electron chi connectivity index (χ4n) is 12.2. The average Bonchev–Trinajstić information content (AvgIpc) is 1.50. The van der Waals surface area contributed by atoms with E-state index in [0.717, 1.165) is 11.0 Å². The molecule has 2 aliphatic rings. The molecule has 6 N–H and O–H groups in total. The Bertz CT molecular complexity index is 3250. The number of aliphatic hydroxyl groups excluding tert-OH is 1. The van der Waals surface area contributed by atoms with Crippen LogP contribution in [0.5, 0.6) is 5.75 Å². The molecule has 12 atom stereocenters. The van der Waals surface area contributed by atoms with Gasteiger partial charge in [0.2, 0.25) is 41.4 Å². The maximum absolute atomic E-state index is 14.8. The predicted molar refractivity (Wildman–Crippen MR) is 363 cm³/mol. The number of carbonyl (C=O) groups excluding carboxylic acids is 10. The monoisotopic (exact) mass is 1350 g/mol. The van der Waals surface area contributed by atoms with Crippen LogP contribution in [0, 0.1) is 40.9 Å². The normalized spacial score (nSPS) is 17.3. The molecule has 530 valence electrons. The van der Waals surface area contributed by atoms with Gasteiger partial charge in [0.25, 0.3) is 11.8 Å². The van der Waals surface area contributed by atoms with Crippen LogP contribution < -0.4 is 31.3 Å². The second kappa shape index (κ2) is 37.7. The van der Waals surface area contributed by atoms with Gasteiger partial charge in [0, 0.05) is 53.5 Å². The molecule has 3 aromatic rings. The maximum atomic E-state index is 14.8. The van der Waals surface area contributed by atoms with Crippen LogP contribution in [0.2, 0.25) is 0 Å². The van der Waals surface area contributed by atoms with E-state index in [2.05, 4.69) is 26.6 Å². The second-order valence-corrected chi connectivity index (χ2v) is 26.4. The van der Waals surface area contributed by atoms with E-state index in [0.29, 0.717) is 73.2 Å². The van der Waals surface area contributed by atoms with Gasteiger partial charge in [0.15, 0.2) is 5.76 Å². The molecule has 1 fully saturated rings. The number of likely N-dealkylation sites (tertiary alicyclic amines) is 1. The molecule has 0 aliphatic carbocycles. The number of nitrogens with one attached hydrogen (secondary N) is 5. The van der Waals surface area contributed by atoms with Crippen molar-refractivity contribution in [2.24, 2.45) is 29.6 Å². The molecule has 1 saturated heterocycles. The lowest BCUT2D eigenvalue weighted by molar-refractivity contribution is -0.148. The van der Waals surface area contributed by atoms with E-state index in [9.17, 15) is 53.1 Å². The first-order valence-electron chi connectivity index (χ1n) is 33.6. The lowest BCUT2D eigenvalue weighted by Crippen LogP contribution is -2.60. The van der Waals surface area contributed by atoms with Gasteiger partial charge in [-0.05, 0) is 111 Å². The number of nitrogens with zero attached hydrogens (tertiary/aromatic N) is 5. The highest BCUT2D eigenvalue weighted by Crippen LogP contribution is 2.31. The van der Waals surface area contributed by atoms with Gasteiger partial charge in [-0.2, -0.15) is 5.26 Å². The number of imide groups is 1. The van der Waals surface area contributed by atoms with Gasteiger partial charge in [0.05, 0.1) is 66.5 Å². The highest BCUT2D eigenvalue weighted by molar-refractivity contribution is 6.15. The Morgan fingerprint density at radius 1 is 0.722 bits per heavy atom. The van der Waals surface area contributed by atoms with Crippen LogP contribution >= 0.6 is 0 Å². The molecule has 3 aromatic carbocycles. The SMILES string of the molecule is CC[C@H](C)[C@@H]([C@@H](CC(=O)N1CCCC1C(OC)[C@@H](C)C(=O)N[C@H](C)[C@@H](O)c1ccccc1)OC)N(C)C(=O)[C@@H](NC(=O)[C@H](C(C)C)N(C)C(=O)OCc1ccc(NC(=O)C(C)NC(=O)[C@@H](NC(=O)CCCCCN2C(=O)C=C(Oc3ccc(C#N)cc3)C2=O)C(C)C)cc1)C(C)C. The van der Waals surface area contributed by atoms with Gasteiger partial charge >= 0.3 is 6.09 Å². The van der Waals surface area contributed by atoms with Crippen molar-refractivity contribution in [2.45, 2.75) is 195 Å². The Morgan fingerprint density at radius 2 is 1.37 bits per heavy atom. The lowest BCUT2D eigenvalue weighted by atomic mass is 9.89. The van der Waals surface area contributed by atoms with Crippen LogP contribution in [0.15, 0.2) is 90.7 Å².